The molecule has 9 heteroatoms. The topological polar surface area (TPSA) is 84.5 Å². The van der Waals surface area contributed by atoms with Crippen molar-refractivity contribution in [2.75, 3.05) is 11.9 Å². The van der Waals surface area contributed by atoms with Crippen molar-refractivity contribution in [2.24, 2.45) is 0 Å². The zero-order valence-electron chi connectivity index (χ0n) is 14.1. The van der Waals surface area contributed by atoms with Crippen molar-refractivity contribution in [2.45, 2.75) is 13.0 Å². The van der Waals surface area contributed by atoms with Crippen LogP contribution in [0.25, 0.3) is 0 Å². The van der Waals surface area contributed by atoms with E-state index in [0.29, 0.717) is 11.6 Å². The number of anilines is 1. The Morgan fingerprint density at radius 3 is 2.33 bits per heavy atom. The van der Waals surface area contributed by atoms with Gasteiger partial charge in [0.25, 0.3) is 11.8 Å². The number of carbonyl (C=O) groups is 3. The third-order valence-electron chi connectivity index (χ3n) is 3.40. The van der Waals surface area contributed by atoms with E-state index < -0.39 is 53.6 Å². The molecule has 2 amide bonds. The smallest absolute Gasteiger partial charge is 0.326 e. The molecule has 0 aliphatic heterocycles. The molecule has 1 atom stereocenters. The molecular formula is C18H15F3N2O4. The number of hydrogen-bond acceptors (Lipinski definition) is 4. The summed E-state index contributed by atoms with van der Waals surface area (Å²) in [7, 11) is 0. The lowest BCUT2D eigenvalue weighted by molar-refractivity contribution is -0.152. The number of rotatable bonds is 6. The fourth-order valence-corrected chi connectivity index (χ4v) is 1.99. The number of hydrogen-bond donors (Lipinski definition) is 2. The summed E-state index contributed by atoms with van der Waals surface area (Å²) >= 11 is 0. The summed E-state index contributed by atoms with van der Waals surface area (Å²) in [6.07, 6.45) is -1.36. The summed E-state index contributed by atoms with van der Waals surface area (Å²) in [6, 6.07) is 9.60. The number of amides is 2. The molecule has 0 heterocycles. The lowest BCUT2D eigenvalue weighted by Gasteiger charge is -2.14. The van der Waals surface area contributed by atoms with Crippen molar-refractivity contribution < 1.29 is 32.3 Å². The maximum absolute atomic E-state index is 13.5. The Balaban J connectivity index is 1.86. The molecule has 0 aliphatic carbocycles. The zero-order chi connectivity index (χ0) is 20.0. The molecule has 142 valence electrons. The highest BCUT2D eigenvalue weighted by molar-refractivity contribution is 5.97. The lowest BCUT2D eigenvalue weighted by atomic mass is 10.2. The number of benzene rings is 2. The van der Waals surface area contributed by atoms with Gasteiger partial charge in [0.1, 0.15) is 6.54 Å². The van der Waals surface area contributed by atoms with E-state index in [1.54, 1.807) is 30.3 Å². The highest BCUT2D eigenvalue weighted by Gasteiger charge is 2.21. The summed E-state index contributed by atoms with van der Waals surface area (Å²) in [5.74, 6) is -7.08. The van der Waals surface area contributed by atoms with Gasteiger partial charge in [0.15, 0.2) is 23.6 Å². The van der Waals surface area contributed by atoms with Crippen molar-refractivity contribution >= 4 is 23.5 Å². The Morgan fingerprint density at radius 2 is 1.67 bits per heavy atom. The molecule has 0 saturated heterocycles. The first-order valence-corrected chi connectivity index (χ1v) is 7.76. The van der Waals surface area contributed by atoms with E-state index in [2.05, 4.69) is 5.32 Å². The third-order valence-corrected chi connectivity index (χ3v) is 3.40. The molecule has 0 fully saturated rings. The number of ether oxygens (including phenoxy) is 1. The highest BCUT2D eigenvalue weighted by Crippen LogP contribution is 2.19. The largest absolute Gasteiger partial charge is 0.451 e. The summed E-state index contributed by atoms with van der Waals surface area (Å²) in [5, 5.41) is 4.31. The van der Waals surface area contributed by atoms with Crippen molar-refractivity contribution in [3.8, 4) is 0 Å². The van der Waals surface area contributed by atoms with Gasteiger partial charge in [0.2, 0.25) is 0 Å². The SMILES string of the molecule is C[C@H](OC(=O)CNC(=O)c1ccccc1)C(=O)Nc1ccc(F)c(F)c1F. The minimum absolute atomic E-state index is 0.338. The van der Waals surface area contributed by atoms with Crippen LogP contribution >= 0.6 is 0 Å². The Hall–Kier alpha value is -3.36. The van der Waals surface area contributed by atoms with Crippen LogP contribution in [-0.4, -0.2) is 30.4 Å². The first-order chi connectivity index (χ1) is 12.8. The Labute approximate surface area is 152 Å². The first-order valence-electron chi connectivity index (χ1n) is 7.76. The van der Waals surface area contributed by atoms with Gasteiger partial charge in [-0.15, -0.1) is 0 Å². The van der Waals surface area contributed by atoms with Gasteiger partial charge >= 0.3 is 5.97 Å². The van der Waals surface area contributed by atoms with Crippen LogP contribution in [0.2, 0.25) is 0 Å². The molecule has 0 unspecified atom stereocenters. The van der Waals surface area contributed by atoms with E-state index >= 15 is 0 Å². The van der Waals surface area contributed by atoms with Gasteiger partial charge in [-0.3, -0.25) is 14.4 Å². The summed E-state index contributed by atoms with van der Waals surface area (Å²) < 4.78 is 44.4. The molecule has 2 rings (SSSR count). The molecule has 0 aromatic heterocycles. The highest BCUT2D eigenvalue weighted by atomic mass is 19.2. The van der Waals surface area contributed by atoms with Crippen LogP contribution in [0.4, 0.5) is 18.9 Å². The Morgan fingerprint density at radius 1 is 1.00 bits per heavy atom. The predicted molar refractivity (Wildman–Crippen MR) is 89.3 cm³/mol. The van der Waals surface area contributed by atoms with E-state index in [1.807, 2.05) is 5.32 Å². The van der Waals surface area contributed by atoms with Crippen LogP contribution in [0.3, 0.4) is 0 Å². The lowest BCUT2D eigenvalue weighted by Crippen LogP contribution is -2.36. The average Bonchev–Trinajstić information content (AvgIpc) is 2.67. The van der Waals surface area contributed by atoms with Gasteiger partial charge < -0.3 is 15.4 Å². The van der Waals surface area contributed by atoms with Crippen molar-refractivity contribution in [3.05, 3.63) is 65.5 Å². The van der Waals surface area contributed by atoms with Gasteiger partial charge in [-0.25, -0.2) is 13.2 Å². The number of carbonyl (C=O) groups excluding carboxylic acids is 3. The third kappa shape index (κ3) is 5.30. The average molecular weight is 380 g/mol. The fraction of sp³-hybridized carbons (Fsp3) is 0.167. The van der Waals surface area contributed by atoms with Gasteiger partial charge in [-0.05, 0) is 31.2 Å². The van der Waals surface area contributed by atoms with E-state index in [-0.39, 0.29) is 0 Å². The number of esters is 1. The van der Waals surface area contributed by atoms with Gasteiger partial charge in [-0.1, -0.05) is 18.2 Å². The van der Waals surface area contributed by atoms with Gasteiger partial charge in [-0.2, -0.15) is 0 Å². The minimum Gasteiger partial charge on any atom is -0.451 e. The summed E-state index contributed by atoms with van der Waals surface area (Å²) in [5.41, 5.74) is -0.260. The van der Waals surface area contributed by atoms with E-state index in [1.165, 1.54) is 6.92 Å². The van der Waals surface area contributed by atoms with Crippen molar-refractivity contribution in [1.82, 2.24) is 5.32 Å². The second-order valence-corrected chi connectivity index (χ2v) is 5.39. The maximum Gasteiger partial charge on any atom is 0.326 e. The molecule has 0 bridgehead atoms. The van der Waals surface area contributed by atoms with E-state index in [4.69, 9.17) is 4.74 Å². The second kappa shape index (κ2) is 8.84. The van der Waals surface area contributed by atoms with Crippen LogP contribution < -0.4 is 10.6 Å². The predicted octanol–water partition coefficient (Wildman–Crippen LogP) is 2.40. The molecule has 0 aliphatic rings. The molecule has 6 nitrogen and oxygen atoms in total. The molecule has 2 aromatic carbocycles. The normalized spacial score (nSPS) is 11.4. The zero-order valence-corrected chi connectivity index (χ0v) is 14.1. The van der Waals surface area contributed by atoms with Crippen LogP contribution in [0, 0.1) is 17.5 Å². The quantitative estimate of drug-likeness (QED) is 0.595. The number of nitrogens with one attached hydrogen (secondary N) is 2. The molecule has 0 radical (unpaired) electrons. The molecule has 2 aromatic rings. The van der Waals surface area contributed by atoms with Gasteiger partial charge in [0, 0.05) is 5.56 Å². The molecule has 2 N–H and O–H groups in total. The molecular weight excluding hydrogens is 365 g/mol. The maximum atomic E-state index is 13.5. The van der Waals surface area contributed by atoms with Gasteiger partial charge in [0.05, 0.1) is 5.69 Å². The molecule has 0 spiro atoms. The fourth-order valence-electron chi connectivity index (χ4n) is 1.99. The first kappa shape index (κ1) is 20.0. The summed E-state index contributed by atoms with van der Waals surface area (Å²) in [4.78, 5) is 35.4. The molecule has 0 saturated carbocycles. The number of halogens is 3. The monoisotopic (exact) mass is 380 g/mol. The van der Waals surface area contributed by atoms with E-state index in [0.717, 1.165) is 6.07 Å². The van der Waals surface area contributed by atoms with Crippen LogP contribution in [0.15, 0.2) is 42.5 Å². The van der Waals surface area contributed by atoms with Crippen LogP contribution in [0.5, 0.6) is 0 Å². The molecule has 27 heavy (non-hydrogen) atoms. The standard InChI is InChI=1S/C18H15F3N2O4/c1-10(17(25)23-13-8-7-12(19)15(20)16(13)21)27-14(24)9-22-18(26)11-5-3-2-4-6-11/h2-8,10H,9H2,1H3,(H,22,26)(H,23,25)/t10-/m0/s1. The minimum atomic E-state index is -1.74. The van der Waals surface area contributed by atoms with Crippen molar-refractivity contribution in [1.29, 1.82) is 0 Å². The Bertz CT molecular complexity index is 859. The van der Waals surface area contributed by atoms with Crippen LogP contribution in [0.1, 0.15) is 17.3 Å². The van der Waals surface area contributed by atoms with E-state index in [9.17, 15) is 27.6 Å². The van der Waals surface area contributed by atoms with Crippen molar-refractivity contribution in [3.63, 3.8) is 0 Å². The Kier molecular flexibility index (Phi) is 6.53. The second-order valence-electron chi connectivity index (χ2n) is 5.39. The van der Waals surface area contributed by atoms with Crippen LogP contribution in [-0.2, 0) is 14.3 Å². The summed E-state index contributed by atoms with van der Waals surface area (Å²) in [6.45, 7) is 0.703.